The summed E-state index contributed by atoms with van der Waals surface area (Å²) >= 11 is 0. The Morgan fingerprint density at radius 1 is 0.969 bits per heavy atom. The van der Waals surface area contributed by atoms with Crippen LogP contribution in [0.3, 0.4) is 0 Å². The Labute approximate surface area is 184 Å². The second-order valence-corrected chi connectivity index (χ2v) is 8.13. The van der Waals surface area contributed by atoms with Crippen LogP contribution in [0.2, 0.25) is 0 Å². The van der Waals surface area contributed by atoms with Gasteiger partial charge in [-0.25, -0.2) is 4.79 Å². The lowest BCUT2D eigenvalue weighted by atomic mass is 9.90. The van der Waals surface area contributed by atoms with Crippen molar-refractivity contribution in [1.29, 1.82) is 0 Å². The van der Waals surface area contributed by atoms with Crippen molar-refractivity contribution in [2.75, 3.05) is 21.3 Å². The van der Waals surface area contributed by atoms with Crippen LogP contribution in [-0.4, -0.2) is 27.1 Å². The molecule has 0 unspecified atom stereocenters. The van der Waals surface area contributed by atoms with E-state index in [-0.39, 0.29) is 17.8 Å². The molecule has 32 heavy (non-hydrogen) atoms. The maximum atomic E-state index is 13.3. The van der Waals surface area contributed by atoms with Crippen LogP contribution in [0.25, 0.3) is 11.0 Å². The molecule has 0 radical (unpaired) electrons. The molecule has 0 saturated carbocycles. The van der Waals surface area contributed by atoms with Gasteiger partial charge in [0.25, 0.3) is 0 Å². The average Bonchev–Trinajstić information content (AvgIpc) is 3.27. The highest BCUT2D eigenvalue weighted by Gasteiger charge is 2.35. The molecule has 2 heterocycles. The molecule has 0 bridgehead atoms. The van der Waals surface area contributed by atoms with Crippen LogP contribution in [0, 0.1) is 6.92 Å². The van der Waals surface area contributed by atoms with Gasteiger partial charge in [0.2, 0.25) is 5.75 Å². The van der Waals surface area contributed by atoms with Crippen molar-refractivity contribution >= 4 is 16.8 Å². The van der Waals surface area contributed by atoms with E-state index >= 15 is 0 Å². The second-order valence-electron chi connectivity index (χ2n) is 8.13. The van der Waals surface area contributed by atoms with E-state index in [9.17, 15) is 9.59 Å². The third kappa shape index (κ3) is 2.87. The summed E-state index contributed by atoms with van der Waals surface area (Å²) in [5.74, 6) is 1.89. The SMILES string of the molecule is COc1ccc([C@@H]2CC(=O)c3c(C)cc4oc(=O)c5c(c4c3O2)CCC5)c(OC)c1OC. The Kier molecular flexibility index (Phi) is 4.84. The summed E-state index contributed by atoms with van der Waals surface area (Å²) in [6, 6.07) is 5.36. The highest BCUT2D eigenvalue weighted by molar-refractivity contribution is 6.07. The van der Waals surface area contributed by atoms with Crippen LogP contribution in [0.5, 0.6) is 23.0 Å². The summed E-state index contributed by atoms with van der Waals surface area (Å²) in [4.78, 5) is 25.8. The molecule has 0 amide bonds. The van der Waals surface area contributed by atoms with Gasteiger partial charge in [0, 0.05) is 11.1 Å². The molecule has 2 aromatic carbocycles. The number of ether oxygens (including phenoxy) is 4. The zero-order valence-corrected chi connectivity index (χ0v) is 18.5. The van der Waals surface area contributed by atoms with E-state index in [2.05, 4.69) is 0 Å². The van der Waals surface area contributed by atoms with Crippen LogP contribution in [0.1, 0.15) is 51.6 Å². The third-order valence-electron chi connectivity index (χ3n) is 6.40. The predicted molar refractivity (Wildman–Crippen MR) is 118 cm³/mol. The number of carbonyl (C=O) groups excluding carboxylic acids is 1. The van der Waals surface area contributed by atoms with Crippen molar-refractivity contribution in [2.24, 2.45) is 0 Å². The van der Waals surface area contributed by atoms with Crippen molar-refractivity contribution in [3.8, 4) is 23.0 Å². The largest absolute Gasteiger partial charge is 0.493 e. The Bertz CT molecular complexity index is 1320. The van der Waals surface area contributed by atoms with Crippen molar-refractivity contribution in [3.05, 3.63) is 56.4 Å². The molecule has 1 atom stereocenters. The van der Waals surface area contributed by atoms with Gasteiger partial charge in [-0.1, -0.05) is 0 Å². The van der Waals surface area contributed by atoms with E-state index in [1.54, 1.807) is 26.4 Å². The van der Waals surface area contributed by atoms with E-state index in [0.29, 0.717) is 51.7 Å². The van der Waals surface area contributed by atoms with Crippen molar-refractivity contribution in [2.45, 2.75) is 38.7 Å². The zero-order chi connectivity index (χ0) is 22.6. The first-order valence-electron chi connectivity index (χ1n) is 10.6. The number of aryl methyl sites for hydroxylation is 2. The van der Waals surface area contributed by atoms with Crippen molar-refractivity contribution in [3.63, 3.8) is 0 Å². The van der Waals surface area contributed by atoms with Gasteiger partial charge in [-0.05, 0) is 55.5 Å². The maximum absolute atomic E-state index is 13.3. The number of Topliss-reactive ketones (excluding diaryl/α,β-unsaturated/α-hetero) is 1. The number of fused-ring (bicyclic) bond motifs is 5. The molecule has 2 aliphatic rings. The van der Waals surface area contributed by atoms with Crippen LogP contribution in [0.4, 0.5) is 0 Å². The average molecular weight is 436 g/mol. The Morgan fingerprint density at radius 2 is 1.72 bits per heavy atom. The molecule has 166 valence electrons. The van der Waals surface area contributed by atoms with E-state index in [0.717, 1.165) is 29.4 Å². The molecule has 1 aliphatic carbocycles. The van der Waals surface area contributed by atoms with Gasteiger partial charge in [-0.15, -0.1) is 0 Å². The number of ketones is 1. The van der Waals surface area contributed by atoms with Gasteiger partial charge in [0.05, 0.1) is 38.7 Å². The predicted octanol–water partition coefficient (Wildman–Crippen LogP) is 4.32. The molecule has 7 heteroatoms. The van der Waals surface area contributed by atoms with Crippen LogP contribution in [0.15, 0.2) is 27.4 Å². The maximum Gasteiger partial charge on any atom is 0.339 e. The minimum absolute atomic E-state index is 0.0227. The van der Waals surface area contributed by atoms with Crippen LogP contribution in [-0.2, 0) is 12.8 Å². The smallest absolute Gasteiger partial charge is 0.339 e. The van der Waals surface area contributed by atoms with Crippen LogP contribution < -0.4 is 24.6 Å². The summed E-state index contributed by atoms with van der Waals surface area (Å²) in [5.41, 5.74) is 3.75. The number of carbonyl (C=O) groups is 1. The van der Waals surface area contributed by atoms with Gasteiger partial charge >= 0.3 is 5.63 Å². The van der Waals surface area contributed by atoms with E-state index in [1.807, 2.05) is 13.0 Å². The minimum Gasteiger partial charge on any atom is -0.493 e. The van der Waals surface area contributed by atoms with Crippen molar-refractivity contribution in [1.82, 2.24) is 0 Å². The minimum atomic E-state index is -0.585. The van der Waals surface area contributed by atoms with Crippen LogP contribution >= 0.6 is 0 Å². The number of hydrogen-bond acceptors (Lipinski definition) is 7. The summed E-state index contributed by atoms with van der Waals surface area (Å²) in [6.45, 7) is 1.84. The summed E-state index contributed by atoms with van der Waals surface area (Å²) in [7, 11) is 4.63. The highest BCUT2D eigenvalue weighted by Crippen LogP contribution is 2.48. The summed E-state index contributed by atoms with van der Waals surface area (Å²) in [6.07, 6.45) is 1.89. The summed E-state index contributed by atoms with van der Waals surface area (Å²) in [5, 5.41) is 0.732. The third-order valence-corrected chi connectivity index (χ3v) is 6.40. The molecular formula is C25H24O7. The van der Waals surface area contributed by atoms with E-state index < -0.39 is 6.10 Å². The van der Waals surface area contributed by atoms with Gasteiger partial charge in [0.15, 0.2) is 17.3 Å². The zero-order valence-electron chi connectivity index (χ0n) is 18.5. The molecule has 7 nitrogen and oxygen atoms in total. The lowest BCUT2D eigenvalue weighted by Crippen LogP contribution is -2.23. The topological polar surface area (TPSA) is 84.2 Å². The van der Waals surface area contributed by atoms with E-state index in [1.165, 1.54) is 7.11 Å². The summed E-state index contributed by atoms with van der Waals surface area (Å²) < 4.78 is 28.7. The van der Waals surface area contributed by atoms with Gasteiger partial charge in [0.1, 0.15) is 17.4 Å². The number of benzene rings is 2. The molecule has 0 saturated heterocycles. The first kappa shape index (κ1) is 20.4. The second kappa shape index (κ2) is 7.58. The molecular weight excluding hydrogens is 412 g/mol. The fourth-order valence-corrected chi connectivity index (χ4v) is 5.00. The Hall–Kier alpha value is -3.48. The normalized spacial score (nSPS) is 17.0. The lowest BCUT2D eigenvalue weighted by molar-refractivity contribution is 0.0848. The van der Waals surface area contributed by atoms with Gasteiger partial charge in [-0.3, -0.25) is 4.79 Å². The number of hydrogen-bond donors (Lipinski definition) is 0. The molecule has 5 rings (SSSR count). The lowest BCUT2D eigenvalue weighted by Gasteiger charge is -2.29. The molecule has 0 N–H and O–H groups in total. The van der Waals surface area contributed by atoms with Gasteiger partial charge < -0.3 is 23.4 Å². The fraction of sp³-hybridized carbons (Fsp3) is 0.360. The Morgan fingerprint density at radius 3 is 2.44 bits per heavy atom. The van der Waals surface area contributed by atoms with Gasteiger partial charge in [-0.2, -0.15) is 0 Å². The molecule has 0 spiro atoms. The molecule has 1 aromatic heterocycles. The fourth-order valence-electron chi connectivity index (χ4n) is 5.00. The first-order chi connectivity index (χ1) is 15.5. The Balaban J connectivity index is 1.73. The first-order valence-corrected chi connectivity index (χ1v) is 10.6. The number of rotatable bonds is 4. The highest BCUT2D eigenvalue weighted by atomic mass is 16.5. The molecule has 0 fully saturated rings. The number of methoxy groups -OCH3 is 3. The van der Waals surface area contributed by atoms with Crippen molar-refractivity contribution < 1.29 is 28.2 Å². The molecule has 1 aliphatic heterocycles. The van der Waals surface area contributed by atoms with E-state index in [4.69, 9.17) is 23.4 Å². The quantitative estimate of drug-likeness (QED) is 0.563. The monoisotopic (exact) mass is 436 g/mol. The standard InChI is InChI=1S/C25H24O7/c1-12-10-19-21(13-6-5-7-14(13)25(27)32-19)24-20(12)16(26)11-18(31-24)15-8-9-17(28-2)23(30-4)22(15)29-3/h8-10,18H,5-7,11H2,1-4H3/t18-/m0/s1. The molecule has 3 aromatic rings.